The number of carbonyl (C=O) groups excluding carboxylic acids is 1. The van der Waals surface area contributed by atoms with Crippen molar-refractivity contribution >= 4 is 5.97 Å². The van der Waals surface area contributed by atoms with Crippen molar-refractivity contribution in [3.8, 4) is 0 Å². The Hall–Kier alpha value is -1.42. The monoisotopic (exact) mass is 226 g/mol. The lowest BCUT2D eigenvalue weighted by atomic mass is 10.1. The van der Waals surface area contributed by atoms with E-state index < -0.39 is 18.4 Å². The summed E-state index contributed by atoms with van der Waals surface area (Å²) >= 11 is 0. The van der Waals surface area contributed by atoms with E-state index >= 15 is 0 Å². The Balaban J connectivity index is 2.51. The van der Waals surface area contributed by atoms with Crippen molar-refractivity contribution in [1.29, 1.82) is 0 Å². The summed E-state index contributed by atoms with van der Waals surface area (Å²) < 4.78 is 22.6. The molecule has 0 amide bonds. The first kappa shape index (κ1) is 12.6. The van der Waals surface area contributed by atoms with Crippen molar-refractivity contribution in [3.05, 3.63) is 35.9 Å². The first-order chi connectivity index (χ1) is 7.65. The quantitative estimate of drug-likeness (QED) is 0.724. The summed E-state index contributed by atoms with van der Waals surface area (Å²) in [5.41, 5.74) is 0.814. The Morgan fingerprint density at radius 3 is 2.56 bits per heavy atom. The minimum absolute atomic E-state index is 0.141. The fourth-order valence-electron chi connectivity index (χ4n) is 1.25. The Labute approximate surface area is 94.2 Å². The number of esters is 1. The molecule has 88 valence electrons. The van der Waals surface area contributed by atoms with Crippen molar-refractivity contribution in [2.45, 2.75) is 26.3 Å². The van der Waals surface area contributed by atoms with Gasteiger partial charge in [-0.05, 0) is 19.4 Å². The molecule has 0 saturated carbocycles. The summed E-state index contributed by atoms with van der Waals surface area (Å²) in [6.45, 7) is 3.44. The molecule has 2 atom stereocenters. The normalized spacial score (nSPS) is 14.2. The zero-order valence-electron chi connectivity index (χ0n) is 9.35. The molecule has 0 aliphatic heterocycles. The van der Waals surface area contributed by atoms with Crippen LogP contribution in [0.3, 0.4) is 0 Å². The summed E-state index contributed by atoms with van der Waals surface area (Å²) in [7, 11) is 0. The highest BCUT2D eigenvalue weighted by atomic mass is 19.1. The molecule has 0 heterocycles. The lowest BCUT2D eigenvalue weighted by Crippen LogP contribution is -2.23. The fourth-order valence-corrected chi connectivity index (χ4v) is 1.25. The van der Waals surface area contributed by atoms with Gasteiger partial charge >= 0.3 is 5.97 Å². The number of alkyl halides is 1. The van der Waals surface area contributed by atoms with Gasteiger partial charge in [0.05, 0.1) is 12.7 Å². The highest BCUT2D eigenvalue weighted by Crippen LogP contribution is 2.18. The maximum atomic E-state index is 13.2. The minimum atomic E-state index is -2.03. The van der Waals surface area contributed by atoms with E-state index in [0.717, 1.165) is 5.56 Å². The van der Waals surface area contributed by atoms with Gasteiger partial charge in [-0.1, -0.05) is 30.3 Å². The average Bonchev–Trinajstić information content (AvgIpc) is 2.30. The second-order valence-electron chi connectivity index (χ2n) is 3.26. The van der Waals surface area contributed by atoms with Gasteiger partial charge in [-0.3, -0.25) is 0 Å². The highest BCUT2D eigenvalue weighted by molar-refractivity contribution is 5.72. The first-order valence-electron chi connectivity index (χ1n) is 5.16. The molecule has 0 N–H and O–H groups in total. The molecule has 0 fully saturated rings. The predicted molar refractivity (Wildman–Crippen MR) is 57.5 cm³/mol. The molecular formula is C12H15FO3. The maximum Gasteiger partial charge on any atom is 0.368 e. The van der Waals surface area contributed by atoms with Crippen molar-refractivity contribution in [3.63, 3.8) is 0 Å². The summed E-state index contributed by atoms with van der Waals surface area (Å²) in [6, 6.07) is 9.12. The molecule has 1 aromatic rings. The second kappa shape index (κ2) is 6.23. The van der Waals surface area contributed by atoms with E-state index in [0.29, 0.717) is 0 Å². The van der Waals surface area contributed by atoms with Gasteiger partial charge in [0.15, 0.2) is 0 Å². The van der Waals surface area contributed by atoms with Gasteiger partial charge in [-0.15, -0.1) is 0 Å². The van der Waals surface area contributed by atoms with Crippen LogP contribution < -0.4 is 0 Å². The second-order valence-corrected chi connectivity index (χ2v) is 3.26. The SMILES string of the molecule is CCOC(=O)C(F)OC(C)c1ccccc1. The molecular weight excluding hydrogens is 211 g/mol. The fraction of sp³-hybridized carbons (Fsp3) is 0.417. The lowest BCUT2D eigenvalue weighted by Gasteiger charge is -2.15. The third-order valence-corrected chi connectivity index (χ3v) is 2.06. The third-order valence-electron chi connectivity index (χ3n) is 2.06. The number of ether oxygens (including phenoxy) is 2. The van der Waals surface area contributed by atoms with E-state index in [1.807, 2.05) is 30.3 Å². The van der Waals surface area contributed by atoms with Crippen LogP contribution in [0.15, 0.2) is 30.3 Å². The van der Waals surface area contributed by atoms with Gasteiger partial charge < -0.3 is 9.47 Å². The molecule has 1 aromatic carbocycles. The number of benzene rings is 1. The maximum absolute atomic E-state index is 13.2. The van der Waals surface area contributed by atoms with Crippen LogP contribution >= 0.6 is 0 Å². The van der Waals surface area contributed by atoms with Crippen LogP contribution in [0.1, 0.15) is 25.5 Å². The molecule has 0 radical (unpaired) electrons. The van der Waals surface area contributed by atoms with Gasteiger partial charge in [0.25, 0.3) is 6.36 Å². The van der Waals surface area contributed by atoms with E-state index in [1.165, 1.54) is 0 Å². The Bertz CT molecular complexity index is 326. The molecule has 16 heavy (non-hydrogen) atoms. The van der Waals surface area contributed by atoms with E-state index in [9.17, 15) is 9.18 Å². The van der Waals surface area contributed by atoms with E-state index in [4.69, 9.17) is 4.74 Å². The van der Waals surface area contributed by atoms with E-state index in [-0.39, 0.29) is 6.61 Å². The van der Waals surface area contributed by atoms with Crippen molar-refractivity contribution in [2.75, 3.05) is 6.61 Å². The number of carbonyl (C=O) groups is 1. The van der Waals surface area contributed by atoms with Crippen LogP contribution in [0, 0.1) is 0 Å². The van der Waals surface area contributed by atoms with Crippen LogP contribution in [0.4, 0.5) is 4.39 Å². The molecule has 0 aliphatic carbocycles. The molecule has 0 saturated heterocycles. The Morgan fingerprint density at radius 1 is 1.38 bits per heavy atom. The summed E-state index contributed by atoms with van der Waals surface area (Å²) in [5, 5.41) is 0. The largest absolute Gasteiger partial charge is 0.462 e. The zero-order chi connectivity index (χ0) is 12.0. The van der Waals surface area contributed by atoms with Gasteiger partial charge in [-0.2, -0.15) is 0 Å². The van der Waals surface area contributed by atoms with Gasteiger partial charge in [0.1, 0.15) is 0 Å². The van der Waals surface area contributed by atoms with Gasteiger partial charge in [-0.25, -0.2) is 9.18 Å². The molecule has 0 aromatic heterocycles. The smallest absolute Gasteiger partial charge is 0.368 e. The molecule has 2 unspecified atom stereocenters. The van der Waals surface area contributed by atoms with Crippen LogP contribution in [0.25, 0.3) is 0 Å². The van der Waals surface area contributed by atoms with E-state index in [1.54, 1.807) is 13.8 Å². The lowest BCUT2D eigenvalue weighted by molar-refractivity contribution is -0.175. The first-order valence-corrected chi connectivity index (χ1v) is 5.16. The van der Waals surface area contributed by atoms with Crippen LogP contribution in [0.2, 0.25) is 0 Å². The number of hydrogen-bond donors (Lipinski definition) is 0. The van der Waals surface area contributed by atoms with E-state index in [2.05, 4.69) is 4.74 Å². The third kappa shape index (κ3) is 3.62. The number of halogens is 1. The molecule has 0 aliphatic rings. The van der Waals surface area contributed by atoms with Crippen LogP contribution in [-0.4, -0.2) is 18.9 Å². The number of rotatable bonds is 5. The minimum Gasteiger partial charge on any atom is -0.462 e. The van der Waals surface area contributed by atoms with Crippen molar-refractivity contribution < 1.29 is 18.7 Å². The number of hydrogen-bond acceptors (Lipinski definition) is 3. The Kier molecular flexibility index (Phi) is 4.92. The molecule has 4 heteroatoms. The molecule has 0 bridgehead atoms. The summed E-state index contributed by atoms with van der Waals surface area (Å²) in [4.78, 5) is 11.0. The predicted octanol–water partition coefficient (Wildman–Crippen LogP) is 2.62. The van der Waals surface area contributed by atoms with Crippen LogP contribution in [0.5, 0.6) is 0 Å². The summed E-state index contributed by atoms with van der Waals surface area (Å²) in [6.07, 6.45) is -2.52. The van der Waals surface area contributed by atoms with Crippen molar-refractivity contribution in [1.82, 2.24) is 0 Å². The topological polar surface area (TPSA) is 35.5 Å². The average molecular weight is 226 g/mol. The molecule has 1 rings (SSSR count). The molecule has 3 nitrogen and oxygen atoms in total. The zero-order valence-corrected chi connectivity index (χ0v) is 9.35. The molecule has 0 spiro atoms. The van der Waals surface area contributed by atoms with Gasteiger partial charge in [0, 0.05) is 0 Å². The van der Waals surface area contributed by atoms with Crippen molar-refractivity contribution in [2.24, 2.45) is 0 Å². The Morgan fingerprint density at radius 2 is 2.00 bits per heavy atom. The van der Waals surface area contributed by atoms with Crippen LogP contribution in [-0.2, 0) is 14.3 Å². The summed E-state index contributed by atoms with van der Waals surface area (Å²) in [5.74, 6) is -0.981. The van der Waals surface area contributed by atoms with Gasteiger partial charge in [0.2, 0.25) is 0 Å². The highest BCUT2D eigenvalue weighted by Gasteiger charge is 2.22. The standard InChI is InChI=1S/C12H15FO3/c1-3-15-12(14)11(13)16-9(2)10-7-5-4-6-8-10/h4-9,11H,3H2,1-2H3.